The van der Waals surface area contributed by atoms with Crippen LogP contribution in [-0.2, 0) is 10.4 Å². The highest BCUT2D eigenvalue weighted by atomic mass is 32.1. The Morgan fingerprint density at radius 3 is 2.19 bits per heavy atom. The maximum absolute atomic E-state index is 13.6. The van der Waals surface area contributed by atoms with Gasteiger partial charge in [0.2, 0.25) is 5.60 Å². The fourth-order valence-corrected chi connectivity index (χ4v) is 4.28. The second-order valence-electron chi connectivity index (χ2n) is 7.34. The molecule has 160 valence electrons. The molecule has 0 saturated heterocycles. The first kappa shape index (κ1) is 21.5. The average molecular weight is 443 g/mol. The molecule has 1 atom stereocenters. The van der Waals surface area contributed by atoms with Crippen molar-refractivity contribution in [1.29, 1.82) is 0 Å². The molecule has 4 aromatic rings. The summed E-state index contributed by atoms with van der Waals surface area (Å²) >= 11 is 1.27. The minimum Gasteiger partial charge on any atom is -0.371 e. The van der Waals surface area contributed by atoms with Crippen LogP contribution >= 0.6 is 11.3 Å². The number of anilines is 1. The molecule has 0 aliphatic heterocycles. The molecule has 0 radical (unpaired) electrons. The molecule has 1 aromatic heterocycles. The molecule has 2 amide bonds. The molecule has 32 heavy (non-hydrogen) atoms. The third-order valence-electron chi connectivity index (χ3n) is 5.09. The third-order valence-corrected chi connectivity index (χ3v) is 6.07. The van der Waals surface area contributed by atoms with Crippen molar-refractivity contribution in [3.05, 3.63) is 124 Å². The summed E-state index contributed by atoms with van der Waals surface area (Å²) in [6.45, 7) is 1.91. The van der Waals surface area contributed by atoms with E-state index >= 15 is 0 Å². The number of benzene rings is 3. The van der Waals surface area contributed by atoms with Crippen LogP contribution < -0.4 is 10.4 Å². The maximum atomic E-state index is 13.6. The molecule has 2 N–H and O–H groups in total. The Bertz CT molecular complexity index is 1210. The fraction of sp³-hybridized carbons (Fsp3) is 0.0769. The Kier molecular flexibility index (Phi) is 6.16. The molecule has 4 rings (SSSR count). The predicted molar refractivity (Wildman–Crippen MR) is 126 cm³/mol. The Labute approximate surface area is 190 Å². The van der Waals surface area contributed by atoms with Crippen LogP contribution in [0.5, 0.6) is 0 Å². The zero-order valence-electron chi connectivity index (χ0n) is 17.4. The second-order valence-corrected chi connectivity index (χ2v) is 8.29. The number of hydrogen-bond acceptors (Lipinski definition) is 4. The summed E-state index contributed by atoms with van der Waals surface area (Å²) in [5.74, 6) is -1.14. The highest BCUT2D eigenvalue weighted by Gasteiger charge is 2.42. The van der Waals surface area contributed by atoms with Gasteiger partial charge in [0.05, 0.1) is 10.6 Å². The van der Waals surface area contributed by atoms with Crippen LogP contribution in [0.1, 0.15) is 26.4 Å². The number of nitrogens with zero attached hydrogens (tertiary/aromatic N) is 1. The van der Waals surface area contributed by atoms with Gasteiger partial charge in [-0.05, 0) is 53.8 Å². The molecular weight excluding hydrogens is 420 g/mol. The molecule has 0 aliphatic rings. The number of nitrogens with one attached hydrogen (secondary N) is 1. The highest BCUT2D eigenvalue weighted by Crippen LogP contribution is 2.33. The maximum Gasteiger partial charge on any atom is 0.281 e. The number of rotatable bonds is 5. The zero-order chi connectivity index (χ0) is 22.6. The topological polar surface area (TPSA) is 69.6 Å². The minimum absolute atomic E-state index is 0.411. The summed E-state index contributed by atoms with van der Waals surface area (Å²) in [5, 5.41) is 14.7. The van der Waals surface area contributed by atoms with Crippen molar-refractivity contribution in [1.82, 2.24) is 5.43 Å². The summed E-state index contributed by atoms with van der Waals surface area (Å²) in [6.07, 6.45) is 0. The molecule has 3 aromatic carbocycles. The van der Waals surface area contributed by atoms with Gasteiger partial charge in [0.25, 0.3) is 11.8 Å². The van der Waals surface area contributed by atoms with E-state index < -0.39 is 17.4 Å². The van der Waals surface area contributed by atoms with Crippen LogP contribution in [0.4, 0.5) is 5.69 Å². The van der Waals surface area contributed by atoms with Crippen LogP contribution in [0.2, 0.25) is 0 Å². The van der Waals surface area contributed by atoms with E-state index in [-0.39, 0.29) is 0 Å². The van der Waals surface area contributed by atoms with Gasteiger partial charge in [0.15, 0.2) is 0 Å². The van der Waals surface area contributed by atoms with Crippen molar-refractivity contribution in [2.45, 2.75) is 12.5 Å². The number of hydrazine groups is 1. The number of aryl methyl sites for hydroxylation is 1. The zero-order valence-corrected chi connectivity index (χ0v) is 18.3. The van der Waals surface area contributed by atoms with Crippen molar-refractivity contribution in [3.8, 4) is 0 Å². The Hall–Kier alpha value is -3.74. The first-order chi connectivity index (χ1) is 15.5. The van der Waals surface area contributed by atoms with E-state index in [1.807, 2.05) is 31.2 Å². The first-order valence-electron chi connectivity index (χ1n) is 10.1. The van der Waals surface area contributed by atoms with E-state index in [2.05, 4.69) is 5.43 Å². The van der Waals surface area contributed by atoms with E-state index in [9.17, 15) is 14.7 Å². The van der Waals surface area contributed by atoms with Crippen LogP contribution in [0.15, 0.2) is 102 Å². The van der Waals surface area contributed by atoms with Gasteiger partial charge in [-0.25, -0.2) is 5.01 Å². The molecule has 0 spiro atoms. The number of aliphatic hydroxyl groups is 1. The van der Waals surface area contributed by atoms with E-state index in [4.69, 9.17) is 0 Å². The lowest BCUT2D eigenvalue weighted by atomic mass is 9.91. The summed E-state index contributed by atoms with van der Waals surface area (Å²) in [7, 11) is 0. The first-order valence-corrected chi connectivity index (χ1v) is 11.0. The van der Waals surface area contributed by atoms with Crippen molar-refractivity contribution in [3.63, 3.8) is 0 Å². The quantitative estimate of drug-likeness (QED) is 0.441. The Balaban J connectivity index is 1.77. The molecule has 0 unspecified atom stereocenters. The van der Waals surface area contributed by atoms with Crippen molar-refractivity contribution in [2.24, 2.45) is 0 Å². The molecule has 0 bridgehead atoms. The van der Waals surface area contributed by atoms with Gasteiger partial charge >= 0.3 is 0 Å². The second kappa shape index (κ2) is 9.18. The van der Waals surface area contributed by atoms with Crippen molar-refractivity contribution < 1.29 is 14.7 Å². The SMILES string of the molecule is Cc1cccc(N(NC(=O)[C@](O)(c2ccccc2)c2cccs2)C(=O)c2ccccc2)c1. The number of carbonyl (C=O) groups excluding carboxylic acids is 2. The summed E-state index contributed by atoms with van der Waals surface area (Å²) in [6, 6.07) is 28.1. The molecule has 5 nitrogen and oxygen atoms in total. The molecule has 1 heterocycles. The lowest BCUT2D eigenvalue weighted by molar-refractivity contribution is -0.136. The summed E-state index contributed by atoms with van der Waals surface area (Å²) < 4.78 is 0. The fourth-order valence-electron chi connectivity index (χ4n) is 3.44. The highest BCUT2D eigenvalue weighted by molar-refractivity contribution is 7.10. The lowest BCUT2D eigenvalue weighted by Crippen LogP contribution is -2.54. The van der Waals surface area contributed by atoms with Gasteiger partial charge in [0, 0.05) is 5.56 Å². The Morgan fingerprint density at radius 2 is 1.56 bits per heavy atom. The number of hydrogen-bond donors (Lipinski definition) is 2. The normalized spacial score (nSPS) is 12.6. The monoisotopic (exact) mass is 442 g/mol. The summed E-state index contributed by atoms with van der Waals surface area (Å²) in [5.41, 5.74) is 2.97. The standard InChI is InChI=1S/C26H22N2O3S/c1-19-10-8-15-22(18-19)28(24(29)20-11-4-2-5-12-20)27-25(30)26(31,23-16-9-17-32-23)21-13-6-3-7-14-21/h2-18,31H,1H3,(H,27,30)/t26-/m0/s1. The van der Waals surface area contributed by atoms with E-state index in [1.165, 1.54) is 16.3 Å². The van der Waals surface area contributed by atoms with Crippen LogP contribution in [-0.4, -0.2) is 16.9 Å². The van der Waals surface area contributed by atoms with Gasteiger partial charge < -0.3 is 5.11 Å². The number of carbonyl (C=O) groups is 2. The molecule has 0 aliphatic carbocycles. The van der Waals surface area contributed by atoms with E-state index in [0.29, 0.717) is 21.7 Å². The largest absolute Gasteiger partial charge is 0.371 e. The van der Waals surface area contributed by atoms with E-state index in [1.54, 1.807) is 78.2 Å². The van der Waals surface area contributed by atoms with Crippen molar-refractivity contribution >= 4 is 28.8 Å². The number of amides is 2. The average Bonchev–Trinajstić information content (AvgIpc) is 3.38. The van der Waals surface area contributed by atoms with Crippen LogP contribution in [0.3, 0.4) is 0 Å². The third kappa shape index (κ3) is 4.19. The Morgan fingerprint density at radius 1 is 0.875 bits per heavy atom. The lowest BCUT2D eigenvalue weighted by Gasteiger charge is -2.31. The van der Waals surface area contributed by atoms with Gasteiger partial charge in [-0.2, -0.15) is 0 Å². The van der Waals surface area contributed by atoms with Crippen LogP contribution in [0, 0.1) is 6.92 Å². The minimum atomic E-state index is -1.96. The van der Waals surface area contributed by atoms with Crippen LogP contribution in [0.25, 0.3) is 0 Å². The van der Waals surface area contributed by atoms with Gasteiger partial charge in [-0.3, -0.25) is 15.0 Å². The van der Waals surface area contributed by atoms with E-state index in [0.717, 1.165) is 5.56 Å². The molecule has 0 fully saturated rings. The molecule has 0 saturated carbocycles. The predicted octanol–water partition coefficient (Wildman–Crippen LogP) is 4.67. The smallest absolute Gasteiger partial charge is 0.281 e. The van der Waals surface area contributed by atoms with Gasteiger partial charge in [-0.15, -0.1) is 11.3 Å². The summed E-state index contributed by atoms with van der Waals surface area (Å²) in [4.78, 5) is 27.5. The van der Waals surface area contributed by atoms with Crippen molar-refractivity contribution in [2.75, 3.05) is 5.01 Å². The molecular formula is C26H22N2O3S. The van der Waals surface area contributed by atoms with Gasteiger partial charge in [0.1, 0.15) is 0 Å². The number of thiophene rings is 1. The van der Waals surface area contributed by atoms with Gasteiger partial charge in [-0.1, -0.05) is 66.7 Å². The molecule has 6 heteroatoms.